The van der Waals surface area contributed by atoms with Gasteiger partial charge < -0.3 is 9.84 Å². The van der Waals surface area contributed by atoms with Crippen LogP contribution >= 0.6 is 0 Å². The largest absolute Gasteiger partial charge is 0.481 e. The molecule has 4 aliphatic carbocycles. The number of rotatable bonds is 8. The Kier molecular flexibility index (Phi) is 8.22. The SMILES string of the molecule is CC(=O)OC1CCC2(C)C3=CC(COOC(C)(C)C)C4(C)C(C(C)CCC(=O)O)CCC4C3CCC2C1. The van der Waals surface area contributed by atoms with Gasteiger partial charge in [0.2, 0.25) is 0 Å². The molecule has 0 aromatic heterocycles. The zero-order valence-corrected chi connectivity index (χ0v) is 24.2. The van der Waals surface area contributed by atoms with Gasteiger partial charge in [-0.05, 0) is 113 Å². The Hall–Kier alpha value is -1.40. The minimum atomic E-state index is -0.702. The fraction of sp³-hybridized carbons (Fsp3) is 0.871. The van der Waals surface area contributed by atoms with Gasteiger partial charge in [0.25, 0.3) is 0 Å². The second-order valence-electron chi connectivity index (χ2n) is 14.1. The van der Waals surface area contributed by atoms with Crippen LogP contribution in [0.3, 0.4) is 0 Å². The summed E-state index contributed by atoms with van der Waals surface area (Å²) in [4.78, 5) is 34.7. The van der Waals surface area contributed by atoms with Gasteiger partial charge in [0, 0.05) is 19.3 Å². The van der Waals surface area contributed by atoms with Gasteiger partial charge in [-0.1, -0.05) is 32.4 Å². The van der Waals surface area contributed by atoms with E-state index in [9.17, 15) is 14.7 Å². The van der Waals surface area contributed by atoms with Crippen LogP contribution in [-0.2, 0) is 24.1 Å². The molecular formula is C31H50O6. The predicted molar refractivity (Wildman–Crippen MR) is 142 cm³/mol. The molecule has 6 nitrogen and oxygen atoms in total. The third-order valence-electron chi connectivity index (χ3n) is 10.8. The highest BCUT2D eigenvalue weighted by atomic mass is 17.2. The van der Waals surface area contributed by atoms with Gasteiger partial charge in [-0.15, -0.1) is 0 Å². The van der Waals surface area contributed by atoms with Crippen molar-refractivity contribution in [2.24, 2.45) is 46.3 Å². The molecule has 0 aliphatic heterocycles. The molecule has 3 saturated carbocycles. The molecule has 3 fully saturated rings. The van der Waals surface area contributed by atoms with E-state index in [1.165, 1.54) is 26.2 Å². The number of esters is 1. The number of carbonyl (C=O) groups is 2. The van der Waals surface area contributed by atoms with Crippen LogP contribution in [0.5, 0.6) is 0 Å². The van der Waals surface area contributed by atoms with E-state index < -0.39 is 5.97 Å². The Morgan fingerprint density at radius 2 is 1.86 bits per heavy atom. The van der Waals surface area contributed by atoms with Gasteiger partial charge in [-0.2, -0.15) is 0 Å². The predicted octanol–water partition coefficient (Wildman–Crippen LogP) is 6.97. The fourth-order valence-electron chi connectivity index (χ4n) is 9.01. The molecule has 0 amide bonds. The lowest BCUT2D eigenvalue weighted by Crippen LogP contribution is -2.52. The number of carbonyl (C=O) groups excluding carboxylic acids is 1. The number of ether oxygens (including phenoxy) is 1. The molecule has 0 heterocycles. The van der Waals surface area contributed by atoms with Crippen molar-refractivity contribution in [1.82, 2.24) is 0 Å². The quantitative estimate of drug-likeness (QED) is 0.162. The first kappa shape index (κ1) is 28.6. The fourth-order valence-corrected chi connectivity index (χ4v) is 9.01. The molecule has 37 heavy (non-hydrogen) atoms. The minimum Gasteiger partial charge on any atom is -0.481 e. The van der Waals surface area contributed by atoms with Crippen LogP contribution in [0.1, 0.15) is 106 Å². The third kappa shape index (κ3) is 5.66. The van der Waals surface area contributed by atoms with Gasteiger partial charge in [0.05, 0.1) is 12.2 Å². The van der Waals surface area contributed by atoms with Crippen molar-refractivity contribution in [3.63, 3.8) is 0 Å². The van der Waals surface area contributed by atoms with Gasteiger partial charge in [-0.3, -0.25) is 9.59 Å². The van der Waals surface area contributed by atoms with Gasteiger partial charge >= 0.3 is 11.9 Å². The lowest BCUT2D eigenvalue weighted by molar-refractivity contribution is -0.356. The second kappa shape index (κ2) is 10.6. The average Bonchev–Trinajstić information content (AvgIpc) is 3.15. The Morgan fingerprint density at radius 3 is 2.51 bits per heavy atom. The van der Waals surface area contributed by atoms with E-state index in [2.05, 4.69) is 26.8 Å². The minimum absolute atomic E-state index is 0.0480. The molecule has 0 aromatic rings. The van der Waals surface area contributed by atoms with Crippen LogP contribution in [0.4, 0.5) is 0 Å². The number of aliphatic carboxylic acids is 1. The van der Waals surface area contributed by atoms with Crippen molar-refractivity contribution in [1.29, 1.82) is 0 Å². The first-order valence-corrected chi connectivity index (χ1v) is 14.7. The smallest absolute Gasteiger partial charge is 0.303 e. The Morgan fingerprint density at radius 1 is 1.14 bits per heavy atom. The van der Waals surface area contributed by atoms with Crippen molar-refractivity contribution in [3.8, 4) is 0 Å². The molecule has 9 atom stereocenters. The Balaban J connectivity index is 1.64. The maximum Gasteiger partial charge on any atom is 0.303 e. The first-order valence-electron chi connectivity index (χ1n) is 14.7. The summed E-state index contributed by atoms with van der Waals surface area (Å²) < 4.78 is 5.66. The van der Waals surface area contributed by atoms with Crippen LogP contribution in [0.2, 0.25) is 0 Å². The van der Waals surface area contributed by atoms with Crippen molar-refractivity contribution >= 4 is 11.9 Å². The van der Waals surface area contributed by atoms with E-state index in [4.69, 9.17) is 14.5 Å². The highest BCUT2D eigenvalue weighted by molar-refractivity contribution is 5.66. The van der Waals surface area contributed by atoms with Crippen LogP contribution < -0.4 is 0 Å². The Labute approximate surface area is 223 Å². The summed E-state index contributed by atoms with van der Waals surface area (Å²) in [5.74, 6) is 1.89. The number of hydrogen-bond acceptors (Lipinski definition) is 5. The van der Waals surface area contributed by atoms with Gasteiger partial charge in [0.1, 0.15) is 6.10 Å². The number of fused-ring (bicyclic) bond motifs is 5. The molecule has 0 bridgehead atoms. The second-order valence-corrected chi connectivity index (χ2v) is 14.1. The molecule has 0 saturated heterocycles. The maximum atomic E-state index is 11.6. The zero-order valence-electron chi connectivity index (χ0n) is 24.2. The van der Waals surface area contributed by atoms with E-state index in [1.807, 2.05) is 20.8 Å². The molecule has 0 aromatic carbocycles. The van der Waals surface area contributed by atoms with E-state index in [0.717, 1.165) is 32.1 Å². The number of carboxylic acids is 1. The highest BCUT2D eigenvalue weighted by Crippen LogP contribution is 2.68. The monoisotopic (exact) mass is 518 g/mol. The lowest BCUT2D eigenvalue weighted by Gasteiger charge is -2.59. The van der Waals surface area contributed by atoms with Gasteiger partial charge in [-0.25, -0.2) is 9.78 Å². The standard InChI is InChI=1S/C31H50O6/c1-19(8-13-28(33)34)25-11-12-26-24-10-9-21-16-23(36-20(2)32)14-15-30(21,6)27(24)17-22(31(25,26)7)18-35-37-29(3,4)5/h17,19,21-26H,8-16,18H2,1-7H3,(H,33,34). The molecule has 1 N–H and O–H groups in total. The molecule has 9 unspecified atom stereocenters. The van der Waals surface area contributed by atoms with Crippen LogP contribution in [0, 0.1) is 46.3 Å². The third-order valence-corrected chi connectivity index (χ3v) is 10.8. The number of allylic oxidation sites excluding steroid dienone is 1. The normalized spacial score (nSPS) is 40.1. The molecule has 6 heteroatoms. The van der Waals surface area contributed by atoms with Crippen LogP contribution in [0.25, 0.3) is 0 Å². The molecule has 4 rings (SSSR count). The topological polar surface area (TPSA) is 82.1 Å². The Bertz CT molecular complexity index is 889. The molecule has 0 radical (unpaired) electrons. The van der Waals surface area contributed by atoms with E-state index in [0.29, 0.717) is 36.2 Å². The molecule has 4 aliphatic rings. The van der Waals surface area contributed by atoms with E-state index in [-0.39, 0.29) is 40.8 Å². The summed E-state index contributed by atoms with van der Waals surface area (Å²) in [5, 5.41) is 9.33. The summed E-state index contributed by atoms with van der Waals surface area (Å²) in [5.41, 5.74) is 1.45. The van der Waals surface area contributed by atoms with Crippen molar-refractivity contribution < 1.29 is 29.2 Å². The molecule has 210 valence electrons. The highest BCUT2D eigenvalue weighted by Gasteiger charge is 2.61. The van der Waals surface area contributed by atoms with Crippen molar-refractivity contribution in [3.05, 3.63) is 11.6 Å². The van der Waals surface area contributed by atoms with Crippen LogP contribution in [-0.4, -0.2) is 35.4 Å². The van der Waals surface area contributed by atoms with Crippen molar-refractivity contribution in [2.45, 2.75) is 118 Å². The van der Waals surface area contributed by atoms with E-state index in [1.54, 1.807) is 5.57 Å². The summed E-state index contributed by atoms with van der Waals surface area (Å²) in [6.45, 7) is 15.3. The molecular weight excluding hydrogens is 468 g/mol. The number of hydrogen-bond donors (Lipinski definition) is 1. The summed E-state index contributed by atoms with van der Waals surface area (Å²) in [7, 11) is 0. The van der Waals surface area contributed by atoms with E-state index >= 15 is 0 Å². The molecule has 0 spiro atoms. The lowest BCUT2D eigenvalue weighted by atomic mass is 9.46. The summed E-state index contributed by atoms with van der Waals surface area (Å²) in [6.07, 6.45) is 11.3. The maximum absolute atomic E-state index is 11.6. The summed E-state index contributed by atoms with van der Waals surface area (Å²) in [6, 6.07) is 0. The van der Waals surface area contributed by atoms with Gasteiger partial charge in [0.15, 0.2) is 0 Å². The van der Waals surface area contributed by atoms with Crippen LogP contribution in [0.15, 0.2) is 11.6 Å². The van der Waals surface area contributed by atoms with Crippen molar-refractivity contribution in [2.75, 3.05) is 6.61 Å². The zero-order chi connectivity index (χ0) is 27.2. The average molecular weight is 519 g/mol. The summed E-state index contributed by atoms with van der Waals surface area (Å²) >= 11 is 0. The number of carboxylic acid groups (broad SMARTS) is 1. The first-order chi connectivity index (χ1) is 17.3.